The molecule has 1 aliphatic heterocycles. The van der Waals surface area contributed by atoms with Gasteiger partial charge in [-0.05, 0) is 13.5 Å². The smallest absolute Gasteiger partial charge is 0.0126 e. The highest BCUT2D eigenvalue weighted by molar-refractivity contribution is 4.47. The third-order valence-corrected chi connectivity index (χ3v) is 0.780. The van der Waals surface area contributed by atoms with Crippen molar-refractivity contribution < 1.29 is 0 Å². The maximum atomic E-state index is 4.50. The Morgan fingerprint density at radius 1 is 1.12 bits per heavy atom. The Hall–Kier alpha value is -0.160. The van der Waals surface area contributed by atoms with Crippen molar-refractivity contribution >= 4 is 0 Å². The molecule has 0 aromatic rings. The highest BCUT2D eigenvalue weighted by Crippen LogP contribution is 1.71. The molecular weight excluding hydrogens is 104 g/mol. The van der Waals surface area contributed by atoms with Gasteiger partial charge in [0, 0.05) is 13.1 Å². The Bertz CT molecular complexity index is 23.5. The molecule has 0 aromatic carbocycles. The number of hydrogen-bond acceptors (Lipinski definition) is 4. The summed E-state index contributed by atoms with van der Waals surface area (Å²) in [7, 11) is 1.50. The van der Waals surface area contributed by atoms with E-state index in [-0.39, 0.29) is 0 Å². The summed E-state index contributed by atoms with van der Waals surface area (Å²) in [5.41, 5.74) is 13.1. The van der Waals surface area contributed by atoms with Gasteiger partial charge in [-0.3, -0.25) is 0 Å². The second-order valence-electron chi connectivity index (χ2n) is 1.33. The largest absolute Gasteiger partial charge is 0.333 e. The van der Waals surface area contributed by atoms with E-state index in [2.05, 4.69) is 22.1 Å². The molecule has 0 unspecified atom stereocenters. The number of nitrogens with two attached hydrogens (primary N) is 1. The van der Waals surface area contributed by atoms with E-state index in [9.17, 15) is 0 Å². The first-order valence-electron chi connectivity index (χ1n) is 2.78. The van der Waals surface area contributed by atoms with Crippen molar-refractivity contribution in [2.45, 2.75) is 6.42 Å². The van der Waals surface area contributed by atoms with Gasteiger partial charge in [0.05, 0.1) is 0 Å². The summed E-state index contributed by atoms with van der Waals surface area (Å²) in [6, 6.07) is 0. The molecule has 0 aliphatic carbocycles. The van der Waals surface area contributed by atoms with Crippen LogP contribution in [0.3, 0.4) is 0 Å². The Labute approximate surface area is 49.8 Å². The summed E-state index contributed by atoms with van der Waals surface area (Å²) in [5, 5.41) is 0. The minimum Gasteiger partial charge on any atom is -0.333 e. The topological polar surface area (TPSA) is 62.1 Å². The van der Waals surface area contributed by atoms with E-state index in [0.717, 1.165) is 13.1 Å². The number of hydrogen-bond donors (Lipinski definition) is 4. The standard InChI is InChI=1S/C3H9N3.CH5N/c1-2-4-6-5-3-1;1-2/h4-6H,1-3H2;2H2,1H3. The van der Waals surface area contributed by atoms with Gasteiger partial charge in [0.25, 0.3) is 0 Å². The number of rotatable bonds is 0. The average molecular weight is 118 g/mol. The molecule has 4 heteroatoms. The monoisotopic (exact) mass is 118 g/mol. The molecule has 0 spiro atoms. The molecule has 8 heavy (non-hydrogen) atoms. The zero-order chi connectivity index (χ0) is 6.24. The summed E-state index contributed by atoms with van der Waals surface area (Å²) < 4.78 is 0. The zero-order valence-electron chi connectivity index (χ0n) is 5.20. The molecule has 1 fully saturated rings. The lowest BCUT2D eigenvalue weighted by molar-refractivity contribution is 0.372. The van der Waals surface area contributed by atoms with Gasteiger partial charge in [-0.15, -0.1) is 0 Å². The van der Waals surface area contributed by atoms with E-state index in [0.29, 0.717) is 0 Å². The molecular formula is C4H14N4. The lowest BCUT2D eigenvalue weighted by Gasteiger charge is -2.12. The van der Waals surface area contributed by atoms with Crippen LogP contribution in [0, 0.1) is 0 Å². The Balaban J connectivity index is 0.000000222. The van der Waals surface area contributed by atoms with Gasteiger partial charge >= 0.3 is 0 Å². The normalized spacial score (nSPS) is 18.8. The molecule has 0 radical (unpaired) electrons. The van der Waals surface area contributed by atoms with Crippen LogP contribution < -0.4 is 22.1 Å². The maximum Gasteiger partial charge on any atom is 0.0126 e. The molecule has 0 saturated carbocycles. The van der Waals surface area contributed by atoms with Gasteiger partial charge in [0.1, 0.15) is 0 Å². The van der Waals surface area contributed by atoms with Gasteiger partial charge in [-0.1, -0.05) is 0 Å². The highest BCUT2D eigenvalue weighted by atomic mass is 15.6. The molecule has 5 N–H and O–H groups in total. The van der Waals surface area contributed by atoms with E-state index in [1.54, 1.807) is 0 Å². The van der Waals surface area contributed by atoms with Gasteiger partial charge in [0.15, 0.2) is 0 Å². The molecule has 1 rings (SSSR count). The fourth-order valence-corrected chi connectivity index (χ4v) is 0.453. The van der Waals surface area contributed by atoms with E-state index in [1.807, 2.05) is 0 Å². The second kappa shape index (κ2) is 6.84. The molecule has 0 bridgehead atoms. The lowest BCUT2D eigenvalue weighted by Crippen LogP contribution is -2.49. The molecule has 0 aromatic heterocycles. The Morgan fingerprint density at radius 3 is 1.75 bits per heavy atom. The Morgan fingerprint density at radius 2 is 1.62 bits per heavy atom. The van der Waals surface area contributed by atoms with E-state index >= 15 is 0 Å². The fraction of sp³-hybridized carbons (Fsp3) is 1.00. The molecule has 1 aliphatic rings. The van der Waals surface area contributed by atoms with Crippen LogP contribution in [0.2, 0.25) is 0 Å². The van der Waals surface area contributed by atoms with Crippen LogP contribution >= 0.6 is 0 Å². The SMILES string of the molecule is C1CNNNC1.CN. The van der Waals surface area contributed by atoms with Crippen LogP contribution in [0.25, 0.3) is 0 Å². The summed E-state index contributed by atoms with van der Waals surface area (Å²) in [5.74, 6) is 0. The van der Waals surface area contributed by atoms with Crippen molar-refractivity contribution in [3.8, 4) is 0 Å². The Kier molecular flexibility index (Phi) is 6.70. The van der Waals surface area contributed by atoms with E-state index in [4.69, 9.17) is 0 Å². The highest BCUT2D eigenvalue weighted by Gasteiger charge is 1.90. The van der Waals surface area contributed by atoms with Crippen molar-refractivity contribution in [2.75, 3.05) is 20.1 Å². The van der Waals surface area contributed by atoms with Gasteiger partial charge in [-0.2, -0.15) is 5.53 Å². The van der Waals surface area contributed by atoms with Gasteiger partial charge in [-0.25, -0.2) is 10.9 Å². The van der Waals surface area contributed by atoms with E-state index < -0.39 is 0 Å². The van der Waals surface area contributed by atoms with Crippen LogP contribution in [0.5, 0.6) is 0 Å². The van der Waals surface area contributed by atoms with Crippen molar-refractivity contribution in [1.82, 2.24) is 16.4 Å². The first-order valence-corrected chi connectivity index (χ1v) is 2.78. The summed E-state index contributed by atoms with van der Waals surface area (Å²) >= 11 is 0. The first-order chi connectivity index (χ1) is 4.00. The predicted octanol–water partition coefficient (Wildman–Crippen LogP) is -1.44. The summed E-state index contributed by atoms with van der Waals surface area (Å²) in [6.07, 6.45) is 1.22. The van der Waals surface area contributed by atoms with Crippen molar-refractivity contribution in [1.29, 1.82) is 0 Å². The molecule has 4 nitrogen and oxygen atoms in total. The van der Waals surface area contributed by atoms with E-state index in [1.165, 1.54) is 13.5 Å². The van der Waals surface area contributed by atoms with Crippen molar-refractivity contribution in [3.63, 3.8) is 0 Å². The lowest BCUT2D eigenvalue weighted by atomic mass is 10.4. The third-order valence-electron chi connectivity index (χ3n) is 0.780. The zero-order valence-corrected chi connectivity index (χ0v) is 5.20. The molecule has 0 amide bonds. The van der Waals surface area contributed by atoms with Gasteiger partial charge < -0.3 is 5.73 Å². The molecule has 50 valence electrons. The number of hydrazine groups is 2. The quantitative estimate of drug-likeness (QED) is 0.315. The van der Waals surface area contributed by atoms with Crippen LogP contribution in [0.15, 0.2) is 0 Å². The third kappa shape index (κ3) is 4.01. The number of nitrogens with one attached hydrogen (secondary N) is 3. The van der Waals surface area contributed by atoms with Crippen LogP contribution in [0.1, 0.15) is 6.42 Å². The molecule has 0 atom stereocenters. The average Bonchev–Trinajstić information content (AvgIpc) is 1.96. The van der Waals surface area contributed by atoms with Crippen LogP contribution in [-0.4, -0.2) is 20.1 Å². The predicted molar refractivity (Wildman–Crippen MR) is 33.9 cm³/mol. The fourth-order valence-electron chi connectivity index (χ4n) is 0.453. The second-order valence-corrected chi connectivity index (χ2v) is 1.33. The molecule has 1 saturated heterocycles. The van der Waals surface area contributed by atoms with Crippen molar-refractivity contribution in [3.05, 3.63) is 0 Å². The first kappa shape index (κ1) is 7.84. The summed E-state index contributed by atoms with van der Waals surface area (Å²) in [6.45, 7) is 2.15. The summed E-state index contributed by atoms with van der Waals surface area (Å²) in [4.78, 5) is 0. The van der Waals surface area contributed by atoms with Crippen LogP contribution in [-0.2, 0) is 0 Å². The minimum absolute atomic E-state index is 1.08. The minimum atomic E-state index is 1.08. The van der Waals surface area contributed by atoms with Crippen molar-refractivity contribution in [2.24, 2.45) is 5.73 Å². The van der Waals surface area contributed by atoms with Gasteiger partial charge in [0.2, 0.25) is 0 Å². The molecule has 1 heterocycles. The maximum absolute atomic E-state index is 4.50. The van der Waals surface area contributed by atoms with Crippen LogP contribution in [0.4, 0.5) is 0 Å².